The van der Waals surface area contributed by atoms with Crippen molar-refractivity contribution in [3.8, 4) is 0 Å². The summed E-state index contributed by atoms with van der Waals surface area (Å²) in [5.41, 5.74) is -0.545. The quantitative estimate of drug-likeness (QED) is 0.730. The summed E-state index contributed by atoms with van der Waals surface area (Å²) >= 11 is 0. The predicted molar refractivity (Wildman–Crippen MR) is 72.7 cm³/mol. The number of carbonyl (C=O) groups is 2. The number of nitrogens with zero attached hydrogens (tertiary/aromatic N) is 1. The largest absolute Gasteiger partial charge is 0.443 e. The third kappa shape index (κ3) is 3.48. The van der Waals surface area contributed by atoms with Crippen molar-refractivity contribution in [3.63, 3.8) is 0 Å². The lowest BCUT2D eigenvalue weighted by Gasteiger charge is -2.33. The second kappa shape index (κ2) is 5.51. The van der Waals surface area contributed by atoms with Crippen LogP contribution in [0.4, 0.5) is 4.79 Å². The first-order chi connectivity index (χ1) is 8.88. The summed E-state index contributed by atoms with van der Waals surface area (Å²) in [6, 6.07) is 0.0719. The number of likely N-dealkylation sites (tertiary alicyclic amines) is 1. The van der Waals surface area contributed by atoms with Crippen LogP contribution in [0, 0.1) is 5.92 Å². The molecule has 1 aliphatic heterocycles. The fourth-order valence-electron chi connectivity index (χ4n) is 3.22. The normalized spacial score (nSPS) is 25.7. The van der Waals surface area contributed by atoms with Gasteiger partial charge in [0.25, 0.3) is 0 Å². The van der Waals surface area contributed by atoms with E-state index in [0.717, 1.165) is 19.3 Å². The Balaban J connectivity index is 2.06. The molecule has 0 radical (unpaired) electrons. The Morgan fingerprint density at radius 3 is 2.37 bits per heavy atom. The Bertz CT molecular complexity index is 353. The zero-order valence-electron chi connectivity index (χ0n) is 12.3. The maximum Gasteiger partial charge on any atom is 0.417 e. The van der Waals surface area contributed by atoms with E-state index in [9.17, 15) is 9.59 Å². The zero-order valence-corrected chi connectivity index (χ0v) is 12.3. The second-order valence-corrected chi connectivity index (χ2v) is 6.75. The highest BCUT2D eigenvalue weighted by Crippen LogP contribution is 2.35. The van der Waals surface area contributed by atoms with Crippen molar-refractivity contribution >= 4 is 12.0 Å². The molecule has 0 bridgehead atoms. The molecule has 0 spiro atoms. The van der Waals surface area contributed by atoms with Crippen LogP contribution in [-0.2, 0) is 9.53 Å². The van der Waals surface area contributed by atoms with Gasteiger partial charge in [-0.3, -0.25) is 4.79 Å². The molecule has 1 saturated heterocycles. The van der Waals surface area contributed by atoms with Gasteiger partial charge in [0, 0.05) is 12.5 Å². The monoisotopic (exact) mass is 267 g/mol. The Hall–Kier alpha value is -1.06. The van der Waals surface area contributed by atoms with Crippen molar-refractivity contribution in [2.24, 2.45) is 5.92 Å². The molecule has 2 fully saturated rings. The van der Waals surface area contributed by atoms with Crippen LogP contribution in [0.3, 0.4) is 0 Å². The molecule has 0 aromatic rings. The molecule has 2 amide bonds. The number of carbonyl (C=O) groups excluding carboxylic acids is 2. The van der Waals surface area contributed by atoms with Crippen molar-refractivity contribution in [2.75, 3.05) is 0 Å². The predicted octanol–water partition coefficient (Wildman–Crippen LogP) is 3.49. The van der Waals surface area contributed by atoms with Gasteiger partial charge in [0.1, 0.15) is 5.60 Å². The molecule has 2 aliphatic rings. The number of imide groups is 1. The third-order valence-electron chi connectivity index (χ3n) is 4.04. The minimum Gasteiger partial charge on any atom is -0.443 e. The van der Waals surface area contributed by atoms with Crippen LogP contribution in [-0.4, -0.2) is 28.5 Å². The van der Waals surface area contributed by atoms with E-state index < -0.39 is 11.7 Å². The molecule has 4 nitrogen and oxygen atoms in total. The van der Waals surface area contributed by atoms with Gasteiger partial charge >= 0.3 is 6.09 Å². The number of amides is 2. The maximum atomic E-state index is 12.2. The molecule has 1 saturated carbocycles. The lowest BCUT2D eigenvalue weighted by molar-refractivity contribution is -0.128. The van der Waals surface area contributed by atoms with Crippen LogP contribution in [0.1, 0.15) is 65.7 Å². The van der Waals surface area contributed by atoms with Crippen LogP contribution in [0.5, 0.6) is 0 Å². The van der Waals surface area contributed by atoms with Crippen LogP contribution in [0.25, 0.3) is 0 Å². The van der Waals surface area contributed by atoms with Crippen LogP contribution in [0.2, 0.25) is 0 Å². The van der Waals surface area contributed by atoms with Gasteiger partial charge in [-0.05, 0) is 46.0 Å². The molecule has 0 unspecified atom stereocenters. The summed E-state index contributed by atoms with van der Waals surface area (Å²) < 4.78 is 5.38. The first-order valence-corrected chi connectivity index (χ1v) is 7.43. The first-order valence-electron chi connectivity index (χ1n) is 7.43. The van der Waals surface area contributed by atoms with Gasteiger partial charge in [-0.2, -0.15) is 0 Å². The van der Waals surface area contributed by atoms with Crippen molar-refractivity contribution in [2.45, 2.75) is 77.4 Å². The van der Waals surface area contributed by atoms with Gasteiger partial charge in [0.2, 0.25) is 5.91 Å². The van der Waals surface area contributed by atoms with E-state index >= 15 is 0 Å². The fourth-order valence-corrected chi connectivity index (χ4v) is 3.22. The zero-order chi connectivity index (χ0) is 14.0. The first kappa shape index (κ1) is 14.4. The Kier molecular flexibility index (Phi) is 4.16. The second-order valence-electron chi connectivity index (χ2n) is 6.75. The Morgan fingerprint density at radius 1 is 1.16 bits per heavy atom. The highest BCUT2D eigenvalue weighted by Gasteiger charge is 2.42. The van der Waals surface area contributed by atoms with Crippen molar-refractivity contribution < 1.29 is 14.3 Å². The maximum absolute atomic E-state index is 12.2. The van der Waals surface area contributed by atoms with E-state index in [2.05, 4.69) is 0 Å². The summed E-state index contributed by atoms with van der Waals surface area (Å²) in [5, 5.41) is 0. The average molecular weight is 267 g/mol. The van der Waals surface area contributed by atoms with E-state index in [0.29, 0.717) is 12.3 Å². The van der Waals surface area contributed by atoms with Gasteiger partial charge in [0.15, 0.2) is 0 Å². The molecule has 1 aliphatic carbocycles. The van der Waals surface area contributed by atoms with E-state index in [1.54, 1.807) is 0 Å². The highest BCUT2D eigenvalue weighted by atomic mass is 16.6. The standard InChI is InChI=1S/C15H25NO3/c1-15(2,3)19-14(18)16-12(9-10-13(16)17)11-7-5-4-6-8-11/h11-12H,4-10H2,1-3H3/t12-/m0/s1. The molecule has 0 N–H and O–H groups in total. The van der Waals surface area contributed by atoms with Gasteiger partial charge in [-0.1, -0.05) is 19.3 Å². The van der Waals surface area contributed by atoms with E-state index in [1.807, 2.05) is 20.8 Å². The summed E-state index contributed by atoms with van der Waals surface area (Å²) in [5.74, 6) is 0.414. The van der Waals surface area contributed by atoms with Gasteiger partial charge < -0.3 is 4.74 Å². The lowest BCUT2D eigenvalue weighted by atomic mass is 9.83. The van der Waals surface area contributed by atoms with Gasteiger partial charge in [-0.15, -0.1) is 0 Å². The van der Waals surface area contributed by atoms with Crippen molar-refractivity contribution in [1.82, 2.24) is 4.90 Å². The average Bonchev–Trinajstić information content (AvgIpc) is 2.70. The smallest absolute Gasteiger partial charge is 0.417 e. The summed E-state index contributed by atoms with van der Waals surface area (Å²) in [7, 11) is 0. The minimum absolute atomic E-state index is 0.0650. The van der Waals surface area contributed by atoms with Crippen LogP contribution < -0.4 is 0 Å². The van der Waals surface area contributed by atoms with Crippen LogP contribution >= 0.6 is 0 Å². The van der Waals surface area contributed by atoms with E-state index in [4.69, 9.17) is 4.74 Å². The minimum atomic E-state index is -0.545. The van der Waals surface area contributed by atoms with Gasteiger partial charge in [-0.25, -0.2) is 9.69 Å². The number of rotatable bonds is 1. The number of ether oxygens (including phenoxy) is 1. The molecule has 19 heavy (non-hydrogen) atoms. The highest BCUT2D eigenvalue weighted by molar-refractivity contribution is 5.94. The van der Waals surface area contributed by atoms with E-state index in [-0.39, 0.29) is 11.9 Å². The van der Waals surface area contributed by atoms with Crippen LogP contribution in [0.15, 0.2) is 0 Å². The van der Waals surface area contributed by atoms with Crippen molar-refractivity contribution in [3.05, 3.63) is 0 Å². The van der Waals surface area contributed by atoms with E-state index in [1.165, 1.54) is 24.2 Å². The Labute approximate surface area is 115 Å². The van der Waals surface area contributed by atoms with Gasteiger partial charge in [0.05, 0.1) is 0 Å². The molecular weight excluding hydrogens is 242 g/mol. The third-order valence-corrected chi connectivity index (χ3v) is 4.04. The SMILES string of the molecule is CC(C)(C)OC(=O)N1C(=O)CC[C@H]1C1CCCCC1. The molecule has 1 atom stereocenters. The van der Waals surface area contributed by atoms with Crippen molar-refractivity contribution in [1.29, 1.82) is 0 Å². The summed E-state index contributed by atoms with van der Waals surface area (Å²) in [6.45, 7) is 5.50. The lowest BCUT2D eigenvalue weighted by Crippen LogP contribution is -2.45. The summed E-state index contributed by atoms with van der Waals surface area (Å²) in [6.07, 6.45) is 6.83. The number of hydrogen-bond donors (Lipinski definition) is 0. The number of hydrogen-bond acceptors (Lipinski definition) is 3. The molecular formula is C15H25NO3. The molecule has 1 heterocycles. The molecule has 2 rings (SSSR count). The molecule has 4 heteroatoms. The topological polar surface area (TPSA) is 46.6 Å². The fraction of sp³-hybridized carbons (Fsp3) is 0.867. The Morgan fingerprint density at radius 2 is 1.79 bits per heavy atom. The molecule has 108 valence electrons. The molecule has 0 aromatic heterocycles. The summed E-state index contributed by atoms with van der Waals surface area (Å²) in [4.78, 5) is 25.6. The molecule has 0 aromatic carbocycles.